The van der Waals surface area contributed by atoms with Crippen molar-refractivity contribution >= 4 is 0 Å². The number of alkyl halides is 1. The van der Waals surface area contributed by atoms with Crippen LogP contribution in [0.3, 0.4) is 0 Å². The van der Waals surface area contributed by atoms with Crippen LogP contribution in [0.15, 0.2) is 0 Å². The van der Waals surface area contributed by atoms with E-state index >= 15 is 0 Å². The van der Waals surface area contributed by atoms with Crippen molar-refractivity contribution in [3.8, 4) is 0 Å². The van der Waals surface area contributed by atoms with Gasteiger partial charge in [-0.15, -0.1) is 0 Å². The lowest BCUT2D eigenvalue weighted by Gasteiger charge is -2.21. The average Bonchev–Trinajstić information content (AvgIpc) is 2.30. The first-order valence-electron chi connectivity index (χ1n) is 4.76. The molecular formula is C9H18FNO. The van der Waals surface area contributed by atoms with Gasteiger partial charge in [-0.3, -0.25) is 0 Å². The fraction of sp³-hybridized carbons (Fsp3) is 1.00. The third-order valence-electron chi connectivity index (χ3n) is 2.51. The monoisotopic (exact) mass is 175 g/mol. The summed E-state index contributed by atoms with van der Waals surface area (Å²) in [4.78, 5) is 2.12. The topological polar surface area (TPSA) is 23.5 Å². The molecule has 1 unspecified atom stereocenters. The highest BCUT2D eigenvalue weighted by atomic mass is 19.1. The summed E-state index contributed by atoms with van der Waals surface area (Å²) < 4.78 is 12.0. The molecule has 1 aliphatic heterocycles. The van der Waals surface area contributed by atoms with Gasteiger partial charge in [0.1, 0.15) is 6.67 Å². The molecule has 1 fully saturated rings. The van der Waals surface area contributed by atoms with Crippen LogP contribution >= 0.6 is 0 Å². The predicted octanol–water partition coefficient (Wildman–Crippen LogP) is 1.05. The van der Waals surface area contributed by atoms with E-state index in [1.807, 2.05) is 0 Å². The minimum Gasteiger partial charge on any atom is -0.396 e. The van der Waals surface area contributed by atoms with Crippen LogP contribution in [0.4, 0.5) is 4.39 Å². The molecule has 0 aromatic heterocycles. The molecule has 1 heterocycles. The molecule has 0 aliphatic carbocycles. The van der Waals surface area contributed by atoms with Gasteiger partial charge < -0.3 is 10.0 Å². The van der Waals surface area contributed by atoms with E-state index in [1.54, 1.807) is 0 Å². The fourth-order valence-corrected chi connectivity index (χ4v) is 1.79. The van der Waals surface area contributed by atoms with Crippen molar-refractivity contribution in [2.45, 2.75) is 19.3 Å². The number of hydrogen-bond donors (Lipinski definition) is 1. The van der Waals surface area contributed by atoms with Crippen LogP contribution < -0.4 is 0 Å². The van der Waals surface area contributed by atoms with Crippen molar-refractivity contribution in [1.82, 2.24) is 4.90 Å². The van der Waals surface area contributed by atoms with Crippen LogP contribution in [0.1, 0.15) is 19.3 Å². The van der Waals surface area contributed by atoms with Gasteiger partial charge in [0.2, 0.25) is 0 Å². The fourth-order valence-electron chi connectivity index (χ4n) is 1.79. The van der Waals surface area contributed by atoms with E-state index < -0.39 is 0 Å². The van der Waals surface area contributed by atoms with Crippen molar-refractivity contribution in [3.63, 3.8) is 0 Å². The maximum Gasteiger partial charge on any atom is 0.102 e. The lowest BCUT2D eigenvalue weighted by atomic mass is 10.1. The first kappa shape index (κ1) is 9.93. The van der Waals surface area contributed by atoms with E-state index in [9.17, 15) is 4.39 Å². The zero-order valence-electron chi connectivity index (χ0n) is 7.51. The van der Waals surface area contributed by atoms with E-state index in [0.29, 0.717) is 12.5 Å². The van der Waals surface area contributed by atoms with Crippen molar-refractivity contribution in [2.24, 2.45) is 5.92 Å². The second kappa shape index (κ2) is 5.49. The van der Waals surface area contributed by atoms with Crippen molar-refractivity contribution in [1.29, 1.82) is 0 Å². The molecule has 2 nitrogen and oxygen atoms in total. The van der Waals surface area contributed by atoms with Gasteiger partial charge in [-0.05, 0) is 25.3 Å². The summed E-state index contributed by atoms with van der Waals surface area (Å²) in [5, 5.41) is 8.98. The molecule has 0 spiro atoms. The third-order valence-corrected chi connectivity index (χ3v) is 2.51. The number of aliphatic hydroxyl groups is 1. The molecule has 1 saturated heterocycles. The lowest BCUT2D eigenvalue weighted by molar-refractivity contribution is 0.167. The Hall–Kier alpha value is -0.150. The van der Waals surface area contributed by atoms with E-state index in [2.05, 4.69) is 4.90 Å². The molecule has 0 aromatic carbocycles. The maximum atomic E-state index is 12.0. The lowest BCUT2D eigenvalue weighted by Crippen LogP contribution is -2.31. The molecule has 12 heavy (non-hydrogen) atoms. The standard InChI is InChI=1S/C9H18FNO/c10-4-6-11-5-2-1-3-9(7-11)8-12/h9,12H,1-8H2. The summed E-state index contributed by atoms with van der Waals surface area (Å²) in [6, 6.07) is 0. The Labute approximate surface area is 73.4 Å². The summed E-state index contributed by atoms with van der Waals surface area (Å²) in [6.45, 7) is 2.40. The first-order chi connectivity index (χ1) is 5.86. The molecule has 72 valence electrons. The molecule has 1 atom stereocenters. The Kier molecular flexibility index (Phi) is 4.54. The number of likely N-dealkylation sites (tertiary alicyclic amines) is 1. The van der Waals surface area contributed by atoms with Crippen LogP contribution in [0.5, 0.6) is 0 Å². The average molecular weight is 175 g/mol. The minimum atomic E-state index is -0.266. The zero-order valence-corrected chi connectivity index (χ0v) is 7.51. The summed E-state index contributed by atoms with van der Waals surface area (Å²) in [5.41, 5.74) is 0. The van der Waals surface area contributed by atoms with Gasteiger partial charge in [-0.25, -0.2) is 4.39 Å². The van der Waals surface area contributed by atoms with E-state index in [4.69, 9.17) is 5.11 Å². The third kappa shape index (κ3) is 3.07. The predicted molar refractivity (Wildman–Crippen MR) is 46.8 cm³/mol. The first-order valence-corrected chi connectivity index (χ1v) is 4.76. The summed E-state index contributed by atoms with van der Waals surface area (Å²) >= 11 is 0. The second-order valence-electron chi connectivity index (χ2n) is 3.53. The Morgan fingerprint density at radius 1 is 1.42 bits per heavy atom. The summed E-state index contributed by atoms with van der Waals surface area (Å²) in [6.07, 6.45) is 3.42. The SMILES string of the molecule is OCC1CCCCN(CCF)C1. The molecule has 0 saturated carbocycles. The Morgan fingerprint density at radius 3 is 2.92 bits per heavy atom. The summed E-state index contributed by atoms with van der Waals surface area (Å²) in [7, 11) is 0. The molecule has 1 aliphatic rings. The Balaban J connectivity index is 2.31. The molecule has 0 amide bonds. The van der Waals surface area contributed by atoms with Gasteiger partial charge >= 0.3 is 0 Å². The van der Waals surface area contributed by atoms with E-state index in [-0.39, 0.29) is 13.3 Å². The molecule has 1 N–H and O–H groups in total. The van der Waals surface area contributed by atoms with E-state index in [1.165, 1.54) is 6.42 Å². The molecule has 0 aromatic rings. The Morgan fingerprint density at radius 2 is 2.25 bits per heavy atom. The van der Waals surface area contributed by atoms with Gasteiger partial charge in [0, 0.05) is 19.7 Å². The zero-order chi connectivity index (χ0) is 8.81. The van der Waals surface area contributed by atoms with Gasteiger partial charge in [0.05, 0.1) is 0 Å². The molecule has 0 bridgehead atoms. The minimum absolute atomic E-state index is 0.253. The van der Waals surface area contributed by atoms with Crippen LogP contribution in [0.2, 0.25) is 0 Å². The highest BCUT2D eigenvalue weighted by molar-refractivity contribution is 4.70. The summed E-state index contributed by atoms with van der Waals surface area (Å²) in [5.74, 6) is 0.374. The van der Waals surface area contributed by atoms with Crippen LogP contribution in [-0.4, -0.2) is 42.9 Å². The molecule has 1 rings (SSSR count). The van der Waals surface area contributed by atoms with Crippen molar-refractivity contribution < 1.29 is 9.50 Å². The van der Waals surface area contributed by atoms with Crippen molar-refractivity contribution in [2.75, 3.05) is 32.9 Å². The molecule has 0 radical (unpaired) electrons. The van der Waals surface area contributed by atoms with Crippen LogP contribution in [-0.2, 0) is 0 Å². The van der Waals surface area contributed by atoms with Gasteiger partial charge in [-0.1, -0.05) is 6.42 Å². The molecular weight excluding hydrogens is 157 g/mol. The second-order valence-corrected chi connectivity index (χ2v) is 3.53. The quantitative estimate of drug-likeness (QED) is 0.693. The van der Waals surface area contributed by atoms with Gasteiger partial charge in [0.15, 0.2) is 0 Å². The number of halogens is 1. The normalized spacial score (nSPS) is 27.0. The van der Waals surface area contributed by atoms with Crippen LogP contribution in [0.25, 0.3) is 0 Å². The van der Waals surface area contributed by atoms with Crippen LogP contribution in [0, 0.1) is 5.92 Å². The number of aliphatic hydroxyl groups excluding tert-OH is 1. The number of hydrogen-bond acceptors (Lipinski definition) is 2. The molecule has 3 heteroatoms. The van der Waals surface area contributed by atoms with Gasteiger partial charge in [0.25, 0.3) is 0 Å². The van der Waals surface area contributed by atoms with Gasteiger partial charge in [-0.2, -0.15) is 0 Å². The highest BCUT2D eigenvalue weighted by Crippen LogP contribution is 2.15. The van der Waals surface area contributed by atoms with E-state index in [0.717, 1.165) is 25.9 Å². The number of rotatable bonds is 3. The Bertz CT molecular complexity index is 121. The highest BCUT2D eigenvalue weighted by Gasteiger charge is 2.16. The maximum absolute atomic E-state index is 12.0. The largest absolute Gasteiger partial charge is 0.396 e. The number of nitrogens with zero attached hydrogens (tertiary/aromatic N) is 1. The smallest absolute Gasteiger partial charge is 0.102 e. The van der Waals surface area contributed by atoms with Crippen molar-refractivity contribution in [3.05, 3.63) is 0 Å².